The minimum Gasteiger partial charge on any atom is -0.478 e. The molecule has 0 saturated heterocycles. The fourth-order valence-electron chi connectivity index (χ4n) is 3.84. The second kappa shape index (κ2) is 14.3. The molecule has 10 heteroatoms. The predicted octanol–water partition coefficient (Wildman–Crippen LogP) is 4.58. The van der Waals surface area contributed by atoms with Gasteiger partial charge < -0.3 is 14.7 Å². The predicted molar refractivity (Wildman–Crippen MR) is 145 cm³/mol. The Morgan fingerprint density at radius 3 is 2.26 bits per heavy atom. The molecule has 0 aliphatic heterocycles. The number of ether oxygens (including phenoxy) is 1. The molecule has 0 heterocycles. The van der Waals surface area contributed by atoms with Gasteiger partial charge >= 0.3 is 12.1 Å². The van der Waals surface area contributed by atoms with Crippen LogP contribution in [0.25, 0.3) is 10.8 Å². The van der Waals surface area contributed by atoms with Crippen molar-refractivity contribution in [3.8, 4) is 0 Å². The topological polar surface area (TPSA) is 136 Å². The molecule has 0 saturated carbocycles. The number of hydrogen-bond donors (Lipinski definition) is 3. The fraction of sp³-hybridized carbons (Fsp3) is 0.241. The number of anilines is 1. The molecule has 204 valence electrons. The average Bonchev–Trinajstić information content (AvgIpc) is 2.92. The fourth-order valence-corrected chi connectivity index (χ4v) is 3.84. The van der Waals surface area contributed by atoms with Gasteiger partial charge in [0.1, 0.15) is 6.61 Å². The van der Waals surface area contributed by atoms with Crippen molar-refractivity contribution in [1.29, 1.82) is 0 Å². The summed E-state index contributed by atoms with van der Waals surface area (Å²) in [6.45, 7) is 2.36. The van der Waals surface area contributed by atoms with Crippen molar-refractivity contribution in [3.63, 3.8) is 0 Å². The van der Waals surface area contributed by atoms with Crippen molar-refractivity contribution < 1.29 is 34.2 Å². The minimum absolute atomic E-state index is 0.0112. The smallest absolute Gasteiger partial charge is 0.411 e. The Labute approximate surface area is 226 Å². The van der Waals surface area contributed by atoms with Gasteiger partial charge in [0.15, 0.2) is 0 Å². The van der Waals surface area contributed by atoms with Crippen LogP contribution in [0.3, 0.4) is 0 Å². The van der Waals surface area contributed by atoms with Crippen molar-refractivity contribution >= 4 is 40.3 Å². The first-order valence-electron chi connectivity index (χ1n) is 12.4. The molecule has 10 nitrogen and oxygen atoms in total. The molecular weight excluding hydrogens is 502 g/mol. The lowest BCUT2D eigenvalue weighted by Crippen LogP contribution is -2.31. The third kappa shape index (κ3) is 9.28. The van der Waals surface area contributed by atoms with Gasteiger partial charge in [0.25, 0.3) is 5.91 Å². The number of fused-ring (bicyclic) bond motifs is 1. The van der Waals surface area contributed by atoms with Crippen molar-refractivity contribution in [2.45, 2.75) is 32.9 Å². The van der Waals surface area contributed by atoms with Crippen LogP contribution in [0.5, 0.6) is 0 Å². The van der Waals surface area contributed by atoms with Crippen LogP contribution in [-0.4, -0.2) is 57.2 Å². The molecule has 0 aliphatic rings. The molecule has 3 rings (SSSR count). The third-order valence-electron chi connectivity index (χ3n) is 5.91. The molecule has 0 radical (unpaired) electrons. The maximum absolute atomic E-state index is 12.3. The second-order valence-corrected chi connectivity index (χ2v) is 8.82. The summed E-state index contributed by atoms with van der Waals surface area (Å²) in [5.41, 5.74) is 2.36. The lowest BCUT2D eigenvalue weighted by atomic mass is 10.1. The van der Waals surface area contributed by atoms with Gasteiger partial charge in [-0.25, -0.2) is 14.7 Å². The summed E-state index contributed by atoms with van der Waals surface area (Å²) in [6.07, 6.45) is 1.82. The van der Waals surface area contributed by atoms with E-state index in [4.69, 9.17) is 9.84 Å². The Morgan fingerprint density at radius 2 is 1.54 bits per heavy atom. The van der Waals surface area contributed by atoms with Crippen molar-refractivity contribution in [2.75, 3.05) is 18.4 Å². The van der Waals surface area contributed by atoms with Gasteiger partial charge in [-0.15, -0.1) is 0 Å². The maximum atomic E-state index is 12.3. The first-order chi connectivity index (χ1) is 18.7. The van der Waals surface area contributed by atoms with Gasteiger partial charge in [0.2, 0.25) is 5.91 Å². The van der Waals surface area contributed by atoms with Crippen LogP contribution < -0.4 is 5.32 Å². The first kappa shape index (κ1) is 28.9. The number of hydroxylamine groups is 2. The standard InChI is InChI=1S/C29H31N3O7/c1-21(33)31(17-4-5-18-32(38)27(34)15-16-28(35)36)19-22-11-13-23(14-12-22)20-39-29(37)30-26-10-6-8-24-7-2-3-9-25(24)26/h2-3,6-16,38H,4-5,17-20H2,1H3,(H,30,37)(H,35,36). The zero-order valence-corrected chi connectivity index (χ0v) is 21.6. The van der Waals surface area contributed by atoms with E-state index in [0.717, 1.165) is 28.0 Å². The molecule has 3 N–H and O–H groups in total. The van der Waals surface area contributed by atoms with Crippen molar-refractivity contribution in [2.24, 2.45) is 0 Å². The summed E-state index contributed by atoms with van der Waals surface area (Å²) in [5.74, 6) is -2.22. The van der Waals surface area contributed by atoms with Crippen LogP contribution in [0.1, 0.15) is 30.9 Å². The van der Waals surface area contributed by atoms with E-state index in [0.29, 0.717) is 42.8 Å². The highest BCUT2D eigenvalue weighted by atomic mass is 16.5. The highest BCUT2D eigenvalue weighted by Crippen LogP contribution is 2.23. The van der Waals surface area contributed by atoms with Gasteiger partial charge in [-0.2, -0.15) is 0 Å². The number of unbranched alkanes of at least 4 members (excludes halogenated alkanes) is 1. The summed E-state index contributed by atoms with van der Waals surface area (Å²) in [5, 5.41) is 23.4. The number of benzene rings is 3. The lowest BCUT2D eigenvalue weighted by molar-refractivity contribution is -0.159. The van der Waals surface area contributed by atoms with E-state index in [-0.39, 0.29) is 19.1 Å². The summed E-state index contributed by atoms with van der Waals surface area (Å²) >= 11 is 0. The zero-order chi connectivity index (χ0) is 28.2. The van der Waals surface area contributed by atoms with Crippen molar-refractivity contribution in [1.82, 2.24) is 9.96 Å². The molecule has 39 heavy (non-hydrogen) atoms. The van der Waals surface area contributed by atoms with Crippen LogP contribution in [0.4, 0.5) is 10.5 Å². The average molecular weight is 534 g/mol. The van der Waals surface area contributed by atoms with Crippen LogP contribution in [0.15, 0.2) is 78.9 Å². The molecule has 3 aromatic rings. The molecule has 3 aromatic carbocycles. The number of carbonyl (C=O) groups excluding carboxylic acids is 3. The molecule has 0 bridgehead atoms. The maximum Gasteiger partial charge on any atom is 0.411 e. The number of carboxylic acids is 1. The Hall–Kier alpha value is -4.70. The quantitative estimate of drug-likeness (QED) is 0.134. The van der Waals surface area contributed by atoms with Crippen molar-refractivity contribution in [3.05, 3.63) is 90.0 Å². The third-order valence-corrected chi connectivity index (χ3v) is 5.91. The van der Waals surface area contributed by atoms with E-state index in [1.165, 1.54) is 6.92 Å². The molecule has 0 atom stereocenters. The summed E-state index contributed by atoms with van der Waals surface area (Å²) in [6, 6.07) is 20.8. The number of rotatable bonds is 12. The Morgan fingerprint density at radius 1 is 0.872 bits per heavy atom. The second-order valence-electron chi connectivity index (χ2n) is 8.82. The van der Waals surface area contributed by atoms with Gasteiger partial charge in [0, 0.05) is 44.1 Å². The van der Waals surface area contributed by atoms with E-state index >= 15 is 0 Å². The highest BCUT2D eigenvalue weighted by molar-refractivity contribution is 6.00. The monoisotopic (exact) mass is 533 g/mol. The van der Waals surface area contributed by atoms with Gasteiger partial charge in [-0.3, -0.25) is 20.1 Å². The summed E-state index contributed by atoms with van der Waals surface area (Å²) < 4.78 is 5.37. The van der Waals surface area contributed by atoms with Crippen LogP contribution in [0.2, 0.25) is 0 Å². The normalized spacial score (nSPS) is 10.8. The highest BCUT2D eigenvalue weighted by Gasteiger charge is 2.12. The van der Waals surface area contributed by atoms with E-state index in [1.807, 2.05) is 66.7 Å². The number of nitrogens with one attached hydrogen (secondary N) is 1. The van der Waals surface area contributed by atoms with Crippen LogP contribution in [-0.2, 0) is 32.3 Å². The first-order valence-corrected chi connectivity index (χ1v) is 12.4. The van der Waals surface area contributed by atoms with Gasteiger partial charge in [-0.05, 0) is 35.4 Å². The summed E-state index contributed by atoms with van der Waals surface area (Å²) in [7, 11) is 0. The number of amides is 3. The van der Waals surface area contributed by atoms with E-state index < -0.39 is 18.0 Å². The number of hydrogen-bond acceptors (Lipinski definition) is 6. The molecule has 0 aromatic heterocycles. The molecule has 3 amide bonds. The van der Waals surface area contributed by atoms with Crippen LogP contribution >= 0.6 is 0 Å². The van der Waals surface area contributed by atoms with Gasteiger partial charge in [0.05, 0.1) is 5.69 Å². The largest absolute Gasteiger partial charge is 0.478 e. The number of carboxylic acid groups (broad SMARTS) is 1. The molecule has 0 aliphatic carbocycles. The number of nitrogens with zero attached hydrogens (tertiary/aromatic N) is 2. The minimum atomic E-state index is -1.28. The Balaban J connectivity index is 1.44. The zero-order valence-electron chi connectivity index (χ0n) is 21.6. The van der Waals surface area contributed by atoms with Gasteiger partial charge in [-0.1, -0.05) is 60.7 Å². The molecule has 0 spiro atoms. The van der Waals surface area contributed by atoms with E-state index in [1.54, 1.807) is 4.90 Å². The molecular formula is C29H31N3O7. The number of carbonyl (C=O) groups is 4. The Kier molecular flexibility index (Phi) is 10.6. The lowest BCUT2D eigenvalue weighted by Gasteiger charge is -2.22. The van der Waals surface area contributed by atoms with Crippen LogP contribution in [0, 0.1) is 0 Å². The summed E-state index contributed by atoms with van der Waals surface area (Å²) in [4.78, 5) is 48.1. The molecule has 0 fully saturated rings. The number of aliphatic carboxylic acids is 1. The van der Waals surface area contributed by atoms with E-state index in [9.17, 15) is 24.4 Å². The Bertz CT molecular complexity index is 1330. The molecule has 0 unspecified atom stereocenters. The SMILES string of the molecule is CC(=O)N(CCCCN(O)C(=O)C=CC(=O)O)Cc1ccc(COC(=O)Nc2cccc3ccccc23)cc1. The van der Waals surface area contributed by atoms with E-state index in [2.05, 4.69) is 5.32 Å².